The fraction of sp³-hybridized carbons (Fsp3) is 0.261. The van der Waals surface area contributed by atoms with E-state index in [2.05, 4.69) is 25.3 Å². The first-order valence-corrected chi connectivity index (χ1v) is 10.1. The van der Waals surface area contributed by atoms with Crippen LogP contribution in [-0.4, -0.2) is 43.8 Å². The zero-order valence-corrected chi connectivity index (χ0v) is 16.7. The number of anilines is 2. The number of aromatic nitrogens is 4. The molecule has 0 bridgehead atoms. The summed E-state index contributed by atoms with van der Waals surface area (Å²) in [5.74, 6) is 1.83. The molecule has 152 valence electrons. The van der Waals surface area contributed by atoms with Crippen LogP contribution in [0.1, 0.15) is 24.1 Å². The van der Waals surface area contributed by atoms with Crippen LogP contribution < -0.4 is 5.32 Å². The van der Waals surface area contributed by atoms with Crippen LogP contribution in [0.15, 0.2) is 67.4 Å². The second-order valence-corrected chi connectivity index (χ2v) is 7.35. The summed E-state index contributed by atoms with van der Waals surface area (Å²) in [7, 11) is 0. The number of likely N-dealkylation sites (tertiary alicyclic amines) is 1. The first-order chi connectivity index (χ1) is 14.8. The number of nitrogens with one attached hydrogen (secondary N) is 1. The number of carbonyl (C=O) groups excluding carboxylic acids is 1. The molecule has 4 rings (SSSR count). The highest BCUT2D eigenvalue weighted by Gasteiger charge is 2.23. The average molecular weight is 400 g/mol. The van der Waals surface area contributed by atoms with Crippen LogP contribution in [0.4, 0.5) is 11.6 Å². The quantitative estimate of drug-likeness (QED) is 0.638. The third kappa shape index (κ3) is 5.47. The van der Waals surface area contributed by atoms with Crippen molar-refractivity contribution >= 4 is 23.6 Å². The second kappa shape index (κ2) is 9.73. The molecule has 1 atom stereocenters. The number of rotatable bonds is 6. The lowest BCUT2D eigenvalue weighted by Gasteiger charge is -2.32. The van der Waals surface area contributed by atoms with Crippen molar-refractivity contribution in [2.75, 3.05) is 18.4 Å². The molecular weight excluding hydrogens is 376 g/mol. The summed E-state index contributed by atoms with van der Waals surface area (Å²) < 4.78 is 0. The molecule has 1 amide bonds. The van der Waals surface area contributed by atoms with Crippen molar-refractivity contribution in [3.05, 3.63) is 78.6 Å². The van der Waals surface area contributed by atoms with Gasteiger partial charge in [0, 0.05) is 37.8 Å². The summed E-state index contributed by atoms with van der Waals surface area (Å²) in [4.78, 5) is 31.8. The molecule has 4 heterocycles. The van der Waals surface area contributed by atoms with Crippen LogP contribution in [0.5, 0.6) is 0 Å². The maximum absolute atomic E-state index is 12.6. The Bertz CT molecular complexity index is 976. The fourth-order valence-electron chi connectivity index (χ4n) is 3.57. The minimum atomic E-state index is 0.0459. The predicted octanol–water partition coefficient (Wildman–Crippen LogP) is 3.50. The minimum absolute atomic E-state index is 0.0459. The lowest BCUT2D eigenvalue weighted by atomic mass is 9.93. The fourth-order valence-corrected chi connectivity index (χ4v) is 3.57. The van der Waals surface area contributed by atoms with Gasteiger partial charge in [-0.15, -0.1) is 0 Å². The van der Waals surface area contributed by atoms with E-state index in [1.807, 2.05) is 41.3 Å². The number of nitrogens with zero attached hydrogens (tertiary/aromatic N) is 5. The van der Waals surface area contributed by atoms with Gasteiger partial charge in [0.05, 0.1) is 18.1 Å². The largest absolute Gasteiger partial charge is 0.339 e. The number of hydrogen-bond donors (Lipinski definition) is 1. The van der Waals surface area contributed by atoms with E-state index in [9.17, 15) is 4.79 Å². The van der Waals surface area contributed by atoms with Gasteiger partial charge >= 0.3 is 0 Å². The molecule has 1 N–H and O–H groups in total. The van der Waals surface area contributed by atoms with Gasteiger partial charge in [-0.1, -0.05) is 12.1 Å². The Morgan fingerprint density at radius 1 is 1.07 bits per heavy atom. The number of hydrogen-bond acceptors (Lipinski definition) is 6. The van der Waals surface area contributed by atoms with Gasteiger partial charge in [0.15, 0.2) is 0 Å². The highest BCUT2D eigenvalue weighted by molar-refractivity contribution is 5.91. The van der Waals surface area contributed by atoms with Crippen molar-refractivity contribution in [3.8, 4) is 0 Å². The highest BCUT2D eigenvalue weighted by Crippen LogP contribution is 2.21. The molecule has 0 aliphatic carbocycles. The van der Waals surface area contributed by atoms with Crippen LogP contribution in [0.2, 0.25) is 0 Å². The van der Waals surface area contributed by atoms with Gasteiger partial charge in [-0.05, 0) is 55.0 Å². The monoisotopic (exact) mass is 400 g/mol. The Labute approximate surface area is 175 Å². The zero-order chi connectivity index (χ0) is 20.6. The zero-order valence-electron chi connectivity index (χ0n) is 16.7. The topological polar surface area (TPSA) is 83.9 Å². The predicted molar refractivity (Wildman–Crippen MR) is 116 cm³/mol. The van der Waals surface area contributed by atoms with E-state index in [0.29, 0.717) is 11.7 Å². The highest BCUT2D eigenvalue weighted by atomic mass is 16.2. The minimum Gasteiger partial charge on any atom is -0.339 e. The first-order valence-electron chi connectivity index (χ1n) is 10.1. The van der Waals surface area contributed by atoms with E-state index in [4.69, 9.17) is 0 Å². The smallest absolute Gasteiger partial charge is 0.246 e. The van der Waals surface area contributed by atoms with Crippen molar-refractivity contribution in [1.82, 2.24) is 24.8 Å². The van der Waals surface area contributed by atoms with E-state index >= 15 is 0 Å². The molecule has 0 unspecified atom stereocenters. The molecule has 3 aromatic heterocycles. The van der Waals surface area contributed by atoms with Crippen molar-refractivity contribution in [3.63, 3.8) is 0 Å². The summed E-state index contributed by atoms with van der Waals surface area (Å²) in [6.45, 7) is 1.54. The molecule has 7 nitrogen and oxygen atoms in total. The van der Waals surface area contributed by atoms with E-state index in [1.54, 1.807) is 37.1 Å². The molecule has 3 aromatic rings. The summed E-state index contributed by atoms with van der Waals surface area (Å²) in [5, 5.41) is 3.13. The van der Waals surface area contributed by atoms with Gasteiger partial charge in [-0.25, -0.2) is 9.97 Å². The van der Waals surface area contributed by atoms with Gasteiger partial charge in [-0.3, -0.25) is 14.8 Å². The summed E-state index contributed by atoms with van der Waals surface area (Å²) in [6.07, 6.45) is 15.1. The molecule has 0 aromatic carbocycles. The lowest BCUT2D eigenvalue weighted by Crippen LogP contribution is -2.39. The SMILES string of the molecule is O=C(/C=C/c1cccnc1)N1CCC[C@@H](Cc2cnc(Nc3ccccn3)cn2)C1. The van der Waals surface area contributed by atoms with Crippen LogP contribution >= 0.6 is 0 Å². The lowest BCUT2D eigenvalue weighted by molar-refractivity contribution is -0.127. The first kappa shape index (κ1) is 19.7. The number of amides is 1. The van der Waals surface area contributed by atoms with Crippen LogP contribution in [0, 0.1) is 5.92 Å². The molecule has 7 heteroatoms. The van der Waals surface area contributed by atoms with E-state index < -0.39 is 0 Å². The Hall–Kier alpha value is -3.61. The third-order valence-electron chi connectivity index (χ3n) is 5.06. The van der Waals surface area contributed by atoms with Crippen molar-refractivity contribution in [2.24, 2.45) is 5.92 Å². The maximum atomic E-state index is 12.6. The molecule has 1 aliphatic rings. The Morgan fingerprint density at radius 2 is 2.03 bits per heavy atom. The summed E-state index contributed by atoms with van der Waals surface area (Å²) >= 11 is 0. The third-order valence-corrected chi connectivity index (χ3v) is 5.06. The van der Waals surface area contributed by atoms with Crippen LogP contribution in [0.3, 0.4) is 0 Å². The summed E-state index contributed by atoms with van der Waals surface area (Å²) in [6, 6.07) is 9.46. The second-order valence-electron chi connectivity index (χ2n) is 7.35. The molecule has 1 fully saturated rings. The van der Waals surface area contributed by atoms with Crippen molar-refractivity contribution < 1.29 is 4.79 Å². The van der Waals surface area contributed by atoms with Gasteiger partial charge in [-0.2, -0.15) is 0 Å². The van der Waals surface area contributed by atoms with Gasteiger partial charge in [0.25, 0.3) is 0 Å². The van der Waals surface area contributed by atoms with E-state index in [1.165, 1.54) is 0 Å². The van der Waals surface area contributed by atoms with Crippen LogP contribution in [0.25, 0.3) is 6.08 Å². The Balaban J connectivity index is 1.31. The normalized spacial score (nSPS) is 16.5. The average Bonchev–Trinajstić information content (AvgIpc) is 2.80. The standard InChI is InChI=1S/C23H24N6O/c30-23(9-8-18-5-3-10-24-14-18)29-12-4-6-19(17-29)13-20-15-27-22(16-26-20)28-21-7-1-2-11-25-21/h1-3,5,7-11,14-16,19H,4,6,12-13,17H2,(H,25,27,28)/b9-8+/t19-/m0/s1. The van der Waals surface area contributed by atoms with Gasteiger partial charge in [0.2, 0.25) is 5.91 Å². The molecule has 0 radical (unpaired) electrons. The number of carbonyl (C=O) groups is 1. The molecule has 0 spiro atoms. The Morgan fingerprint density at radius 3 is 2.80 bits per heavy atom. The van der Waals surface area contributed by atoms with Gasteiger partial charge in [0.1, 0.15) is 11.6 Å². The van der Waals surface area contributed by atoms with Crippen molar-refractivity contribution in [2.45, 2.75) is 19.3 Å². The maximum Gasteiger partial charge on any atom is 0.246 e. The Kier molecular flexibility index (Phi) is 6.39. The van der Waals surface area contributed by atoms with E-state index in [0.717, 1.165) is 49.4 Å². The molecule has 30 heavy (non-hydrogen) atoms. The molecule has 1 aliphatic heterocycles. The van der Waals surface area contributed by atoms with Crippen LogP contribution in [-0.2, 0) is 11.2 Å². The number of pyridine rings is 2. The molecular formula is C23H24N6O. The van der Waals surface area contributed by atoms with Gasteiger partial charge < -0.3 is 10.2 Å². The molecule has 0 saturated carbocycles. The molecule has 1 saturated heterocycles. The van der Waals surface area contributed by atoms with E-state index in [-0.39, 0.29) is 5.91 Å². The van der Waals surface area contributed by atoms with Crippen molar-refractivity contribution in [1.29, 1.82) is 0 Å². The summed E-state index contributed by atoms with van der Waals surface area (Å²) in [5.41, 5.74) is 1.86. The number of piperidine rings is 1.